The van der Waals surface area contributed by atoms with Crippen molar-refractivity contribution in [1.29, 1.82) is 0 Å². The number of ether oxygens (including phenoxy) is 1. The number of rotatable bonds is 3. The van der Waals surface area contributed by atoms with E-state index >= 15 is 0 Å². The van der Waals surface area contributed by atoms with E-state index in [2.05, 4.69) is 5.32 Å². The largest absolute Gasteiger partial charge is 0.497 e. The van der Waals surface area contributed by atoms with E-state index in [0.717, 1.165) is 32.4 Å². The van der Waals surface area contributed by atoms with Gasteiger partial charge in [-0.3, -0.25) is 14.9 Å². The van der Waals surface area contributed by atoms with E-state index in [1.165, 1.54) is 25.3 Å². The first-order valence-electron chi connectivity index (χ1n) is 7.87. The summed E-state index contributed by atoms with van der Waals surface area (Å²) in [5.74, 6) is 0.170. The van der Waals surface area contributed by atoms with Crippen molar-refractivity contribution in [3.8, 4) is 5.75 Å². The van der Waals surface area contributed by atoms with E-state index in [9.17, 15) is 14.9 Å². The summed E-state index contributed by atoms with van der Waals surface area (Å²) in [7, 11) is 1.48. The normalized spacial score (nSPS) is 19.0. The Labute approximate surface area is 146 Å². The predicted octanol–water partition coefficient (Wildman–Crippen LogP) is 2.24. The SMILES string of the molecule is COc1ccc([N+](=O)[O-])c(C(=O)N2CCC3(CCNC3)CC2)c1.Cl. The predicted molar refractivity (Wildman–Crippen MR) is 92.0 cm³/mol. The minimum atomic E-state index is -0.515. The molecule has 0 aliphatic carbocycles. The summed E-state index contributed by atoms with van der Waals surface area (Å²) in [6.07, 6.45) is 3.04. The lowest BCUT2D eigenvalue weighted by molar-refractivity contribution is -0.385. The molecular weight excluding hydrogens is 334 g/mol. The monoisotopic (exact) mass is 355 g/mol. The Hall–Kier alpha value is -1.86. The molecule has 24 heavy (non-hydrogen) atoms. The molecule has 2 aliphatic heterocycles. The van der Waals surface area contributed by atoms with Gasteiger partial charge in [-0.15, -0.1) is 12.4 Å². The number of methoxy groups -OCH3 is 1. The van der Waals surface area contributed by atoms with Crippen molar-refractivity contribution in [2.24, 2.45) is 5.41 Å². The highest BCUT2D eigenvalue weighted by molar-refractivity contribution is 5.98. The number of carbonyl (C=O) groups is 1. The maximum absolute atomic E-state index is 12.7. The molecule has 2 heterocycles. The number of carbonyl (C=O) groups excluding carboxylic acids is 1. The second-order valence-electron chi connectivity index (χ2n) is 6.36. The van der Waals surface area contributed by atoms with E-state index in [1.807, 2.05) is 0 Å². The lowest BCUT2D eigenvalue weighted by Crippen LogP contribution is -2.44. The first-order chi connectivity index (χ1) is 11.0. The fourth-order valence-electron chi connectivity index (χ4n) is 3.55. The molecule has 3 rings (SSSR count). The van der Waals surface area contributed by atoms with Crippen molar-refractivity contribution in [3.05, 3.63) is 33.9 Å². The first-order valence-corrected chi connectivity index (χ1v) is 7.87. The lowest BCUT2D eigenvalue weighted by Gasteiger charge is -2.38. The van der Waals surface area contributed by atoms with E-state index in [-0.39, 0.29) is 29.6 Å². The zero-order valence-corrected chi connectivity index (χ0v) is 14.4. The van der Waals surface area contributed by atoms with Crippen molar-refractivity contribution in [3.63, 3.8) is 0 Å². The molecule has 2 fully saturated rings. The van der Waals surface area contributed by atoms with Gasteiger partial charge in [0.05, 0.1) is 12.0 Å². The topological polar surface area (TPSA) is 84.7 Å². The molecule has 0 radical (unpaired) electrons. The maximum Gasteiger partial charge on any atom is 0.282 e. The van der Waals surface area contributed by atoms with Gasteiger partial charge in [0, 0.05) is 25.7 Å². The number of halogens is 1. The Morgan fingerprint density at radius 1 is 1.33 bits per heavy atom. The Bertz CT molecular complexity index is 622. The van der Waals surface area contributed by atoms with Crippen molar-refractivity contribution in [2.75, 3.05) is 33.3 Å². The molecule has 0 atom stereocenters. The minimum Gasteiger partial charge on any atom is -0.497 e. The Kier molecular flexibility index (Phi) is 5.66. The van der Waals surface area contributed by atoms with Gasteiger partial charge in [0.1, 0.15) is 11.3 Å². The van der Waals surface area contributed by atoms with Crippen molar-refractivity contribution < 1.29 is 14.5 Å². The van der Waals surface area contributed by atoms with Crippen LogP contribution in [0.3, 0.4) is 0 Å². The molecule has 1 aromatic rings. The highest BCUT2D eigenvalue weighted by Gasteiger charge is 2.39. The van der Waals surface area contributed by atoms with Crippen molar-refractivity contribution >= 4 is 24.0 Å². The highest BCUT2D eigenvalue weighted by atomic mass is 35.5. The standard InChI is InChI=1S/C16H21N3O4.ClH/c1-23-12-2-3-14(19(21)22)13(10-12)15(20)18-8-5-16(6-9-18)4-7-17-11-16;/h2-3,10,17H,4-9,11H2,1H3;1H. The van der Waals surface area contributed by atoms with Gasteiger partial charge in [0.15, 0.2) is 0 Å². The maximum atomic E-state index is 12.7. The summed E-state index contributed by atoms with van der Waals surface area (Å²) >= 11 is 0. The summed E-state index contributed by atoms with van der Waals surface area (Å²) < 4.78 is 5.10. The van der Waals surface area contributed by atoms with Gasteiger partial charge in [0.25, 0.3) is 11.6 Å². The Balaban J connectivity index is 0.00000208. The van der Waals surface area contributed by atoms with Gasteiger partial charge >= 0.3 is 0 Å². The van der Waals surface area contributed by atoms with E-state index in [4.69, 9.17) is 4.74 Å². The molecule has 2 saturated heterocycles. The lowest BCUT2D eigenvalue weighted by atomic mass is 9.78. The van der Waals surface area contributed by atoms with Gasteiger partial charge in [-0.25, -0.2) is 0 Å². The summed E-state index contributed by atoms with van der Waals surface area (Å²) in [5, 5.41) is 14.6. The second-order valence-corrected chi connectivity index (χ2v) is 6.36. The van der Waals surface area contributed by atoms with Crippen LogP contribution >= 0.6 is 12.4 Å². The van der Waals surface area contributed by atoms with Crippen LogP contribution in [0.1, 0.15) is 29.6 Å². The molecule has 0 bridgehead atoms. The smallest absolute Gasteiger partial charge is 0.282 e. The molecule has 1 N–H and O–H groups in total. The number of nitro groups is 1. The molecule has 1 amide bonds. The highest BCUT2D eigenvalue weighted by Crippen LogP contribution is 2.37. The van der Waals surface area contributed by atoms with Gasteiger partial charge in [-0.1, -0.05) is 0 Å². The Morgan fingerprint density at radius 2 is 2.04 bits per heavy atom. The molecule has 1 aromatic carbocycles. The van der Waals surface area contributed by atoms with Gasteiger partial charge in [0.2, 0.25) is 0 Å². The summed E-state index contributed by atoms with van der Waals surface area (Å²) in [4.78, 5) is 25.2. The van der Waals surface area contributed by atoms with Crippen LogP contribution in [0.2, 0.25) is 0 Å². The van der Waals surface area contributed by atoms with Crippen LogP contribution in [0.5, 0.6) is 5.75 Å². The summed E-state index contributed by atoms with van der Waals surface area (Å²) in [5.41, 5.74) is 0.241. The molecule has 0 saturated carbocycles. The summed E-state index contributed by atoms with van der Waals surface area (Å²) in [6.45, 7) is 3.34. The van der Waals surface area contributed by atoms with Gasteiger partial charge < -0.3 is 15.0 Å². The molecule has 2 aliphatic rings. The zero-order valence-electron chi connectivity index (χ0n) is 13.6. The molecule has 1 spiro atoms. The average molecular weight is 356 g/mol. The number of amides is 1. The fraction of sp³-hybridized carbons (Fsp3) is 0.562. The second kappa shape index (κ2) is 7.36. The van der Waals surface area contributed by atoms with E-state index in [0.29, 0.717) is 24.3 Å². The number of hydrogen-bond acceptors (Lipinski definition) is 5. The zero-order chi connectivity index (χ0) is 16.4. The quantitative estimate of drug-likeness (QED) is 0.664. The molecular formula is C16H22ClN3O4. The van der Waals surface area contributed by atoms with Crippen LogP contribution in [0.4, 0.5) is 5.69 Å². The van der Waals surface area contributed by atoms with Crippen LogP contribution in [0.25, 0.3) is 0 Å². The average Bonchev–Trinajstić information content (AvgIpc) is 3.02. The van der Waals surface area contributed by atoms with E-state index < -0.39 is 4.92 Å². The number of hydrogen-bond donors (Lipinski definition) is 1. The van der Waals surface area contributed by atoms with Crippen LogP contribution in [-0.2, 0) is 0 Å². The van der Waals surface area contributed by atoms with Gasteiger partial charge in [-0.2, -0.15) is 0 Å². The van der Waals surface area contributed by atoms with Crippen molar-refractivity contribution in [1.82, 2.24) is 10.2 Å². The van der Waals surface area contributed by atoms with Crippen LogP contribution in [0.15, 0.2) is 18.2 Å². The fourth-order valence-corrected chi connectivity index (χ4v) is 3.55. The van der Waals surface area contributed by atoms with E-state index in [1.54, 1.807) is 4.90 Å². The number of benzene rings is 1. The molecule has 7 nitrogen and oxygen atoms in total. The molecule has 132 valence electrons. The summed E-state index contributed by atoms with van der Waals surface area (Å²) in [6, 6.07) is 4.30. The molecule has 8 heteroatoms. The minimum absolute atomic E-state index is 0. The van der Waals surface area contributed by atoms with Crippen LogP contribution in [-0.4, -0.2) is 49.0 Å². The number of nitrogens with one attached hydrogen (secondary N) is 1. The third kappa shape index (κ3) is 3.47. The van der Waals surface area contributed by atoms with Gasteiger partial charge in [-0.05, 0) is 43.4 Å². The first kappa shape index (κ1) is 18.5. The number of piperidine rings is 1. The van der Waals surface area contributed by atoms with Crippen LogP contribution in [0, 0.1) is 15.5 Å². The molecule has 0 unspecified atom stereocenters. The number of likely N-dealkylation sites (tertiary alicyclic amines) is 1. The van der Waals surface area contributed by atoms with Crippen LogP contribution < -0.4 is 10.1 Å². The van der Waals surface area contributed by atoms with Crippen molar-refractivity contribution in [2.45, 2.75) is 19.3 Å². The number of nitrogens with zero attached hydrogens (tertiary/aromatic N) is 2. The molecule has 0 aromatic heterocycles. The number of nitro benzene ring substituents is 1. The Morgan fingerprint density at radius 3 is 2.58 bits per heavy atom. The third-order valence-electron chi connectivity index (χ3n) is 5.07. The third-order valence-corrected chi connectivity index (χ3v) is 5.07.